The number of pyridine rings is 1. The van der Waals surface area contributed by atoms with E-state index in [1.54, 1.807) is 36.3 Å². The Morgan fingerprint density at radius 2 is 1.86 bits per heavy atom. The van der Waals surface area contributed by atoms with Crippen molar-refractivity contribution >= 4 is 11.6 Å². The molecule has 1 amide bonds. The molecule has 180 valence electrons. The number of methoxy groups -OCH3 is 1. The van der Waals surface area contributed by atoms with Crippen LogP contribution < -0.4 is 15.9 Å². The van der Waals surface area contributed by atoms with E-state index in [0.717, 1.165) is 16.7 Å². The van der Waals surface area contributed by atoms with E-state index in [2.05, 4.69) is 5.10 Å². The number of nitro groups is 1. The molecule has 0 spiro atoms. The Bertz CT molecular complexity index is 1430. The first-order valence-electron chi connectivity index (χ1n) is 11.2. The Morgan fingerprint density at radius 1 is 1.09 bits per heavy atom. The van der Waals surface area contributed by atoms with Gasteiger partial charge in [-0.25, -0.2) is 4.68 Å². The maximum atomic E-state index is 13.2. The first kappa shape index (κ1) is 22.5. The molecule has 2 aliphatic heterocycles. The summed E-state index contributed by atoms with van der Waals surface area (Å²) in [5, 5.41) is 15.5. The number of hydrogen-bond donors (Lipinski definition) is 0. The molecule has 3 aromatic rings. The van der Waals surface area contributed by atoms with Crippen molar-refractivity contribution in [2.75, 3.05) is 20.2 Å². The summed E-state index contributed by atoms with van der Waals surface area (Å²) in [6.45, 7) is 0.910. The molecule has 2 atom stereocenters. The lowest BCUT2D eigenvalue weighted by molar-refractivity contribution is -0.386. The predicted molar refractivity (Wildman–Crippen MR) is 125 cm³/mol. The van der Waals surface area contributed by atoms with Crippen LogP contribution in [0.4, 0.5) is 5.69 Å². The monoisotopic (exact) mass is 477 g/mol. The number of hydrogen-bond acceptors (Lipinski definition) is 7. The molecule has 0 saturated carbocycles. The van der Waals surface area contributed by atoms with Crippen molar-refractivity contribution in [1.82, 2.24) is 19.2 Å². The molecule has 1 saturated heterocycles. The summed E-state index contributed by atoms with van der Waals surface area (Å²) in [6.07, 6.45) is 0.798. The Labute approximate surface area is 199 Å². The van der Waals surface area contributed by atoms with Crippen LogP contribution in [0.25, 0.3) is 11.3 Å². The number of amides is 1. The van der Waals surface area contributed by atoms with Gasteiger partial charge in [0.2, 0.25) is 5.91 Å². The maximum absolute atomic E-state index is 13.2. The van der Waals surface area contributed by atoms with E-state index >= 15 is 0 Å². The number of rotatable bonds is 5. The predicted octanol–water partition coefficient (Wildman–Crippen LogP) is 1.63. The molecule has 1 fully saturated rings. The molecule has 35 heavy (non-hydrogen) atoms. The second kappa shape index (κ2) is 8.82. The Balaban J connectivity index is 1.35. The summed E-state index contributed by atoms with van der Waals surface area (Å²) >= 11 is 0. The minimum Gasteiger partial charge on any atom is -0.497 e. The third kappa shape index (κ3) is 4.20. The van der Waals surface area contributed by atoms with Gasteiger partial charge in [0.1, 0.15) is 12.3 Å². The highest BCUT2D eigenvalue weighted by Gasteiger charge is 2.37. The van der Waals surface area contributed by atoms with Gasteiger partial charge in [-0.3, -0.25) is 24.5 Å². The van der Waals surface area contributed by atoms with Gasteiger partial charge in [0.15, 0.2) is 0 Å². The average Bonchev–Trinajstić information content (AvgIpc) is 2.85. The molecule has 4 heterocycles. The van der Waals surface area contributed by atoms with Crippen molar-refractivity contribution in [3.63, 3.8) is 0 Å². The van der Waals surface area contributed by atoms with Crippen molar-refractivity contribution in [3.8, 4) is 17.0 Å². The van der Waals surface area contributed by atoms with Crippen molar-refractivity contribution in [2.24, 2.45) is 5.92 Å². The summed E-state index contributed by atoms with van der Waals surface area (Å²) in [6, 6.07) is 13.1. The maximum Gasteiger partial charge on any atom is 0.334 e. The third-order valence-corrected chi connectivity index (χ3v) is 6.67. The molecule has 0 aliphatic carbocycles. The molecule has 2 aromatic heterocycles. The smallest absolute Gasteiger partial charge is 0.334 e. The zero-order valence-electron chi connectivity index (χ0n) is 19.0. The largest absolute Gasteiger partial charge is 0.497 e. The van der Waals surface area contributed by atoms with Crippen molar-refractivity contribution in [1.29, 1.82) is 0 Å². The molecule has 5 rings (SSSR count). The Hall–Kier alpha value is -4.28. The fourth-order valence-electron chi connectivity index (χ4n) is 4.98. The molecule has 2 bridgehead atoms. The van der Waals surface area contributed by atoms with Crippen LogP contribution in [0.5, 0.6) is 5.75 Å². The van der Waals surface area contributed by atoms with Crippen LogP contribution in [-0.4, -0.2) is 50.3 Å². The van der Waals surface area contributed by atoms with E-state index in [4.69, 9.17) is 4.74 Å². The normalized spacial score (nSPS) is 18.6. The number of ether oxygens (including phenoxy) is 1. The summed E-state index contributed by atoms with van der Waals surface area (Å²) in [5.74, 6) is 0.362. The van der Waals surface area contributed by atoms with Crippen molar-refractivity contribution < 1.29 is 14.5 Å². The van der Waals surface area contributed by atoms with Gasteiger partial charge in [0.05, 0.1) is 17.7 Å². The molecule has 11 nitrogen and oxygen atoms in total. The van der Waals surface area contributed by atoms with Crippen LogP contribution in [0.3, 0.4) is 0 Å². The van der Waals surface area contributed by atoms with Crippen LogP contribution in [0.15, 0.2) is 58.1 Å². The Morgan fingerprint density at radius 3 is 2.57 bits per heavy atom. The van der Waals surface area contributed by atoms with Crippen LogP contribution in [0.2, 0.25) is 0 Å². The second-order valence-electron chi connectivity index (χ2n) is 8.86. The fourth-order valence-corrected chi connectivity index (χ4v) is 4.98. The summed E-state index contributed by atoms with van der Waals surface area (Å²) in [4.78, 5) is 50.3. The van der Waals surface area contributed by atoms with Gasteiger partial charge in [-0.1, -0.05) is 0 Å². The van der Waals surface area contributed by atoms with Crippen LogP contribution >= 0.6 is 0 Å². The number of carbonyl (C=O) groups is 1. The van der Waals surface area contributed by atoms with Gasteiger partial charge < -0.3 is 14.2 Å². The molecular formula is C24H23N5O6. The zero-order valence-corrected chi connectivity index (χ0v) is 19.0. The lowest BCUT2D eigenvalue weighted by Crippen LogP contribution is -2.50. The third-order valence-electron chi connectivity index (χ3n) is 6.67. The number of carbonyl (C=O) groups excluding carboxylic acids is 1. The summed E-state index contributed by atoms with van der Waals surface area (Å²) < 4.78 is 7.81. The topological polar surface area (TPSA) is 130 Å². The lowest BCUT2D eigenvalue weighted by atomic mass is 9.83. The second-order valence-corrected chi connectivity index (χ2v) is 8.86. The number of benzene rings is 1. The van der Waals surface area contributed by atoms with Gasteiger partial charge in [0, 0.05) is 48.9 Å². The summed E-state index contributed by atoms with van der Waals surface area (Å²) in [7, 11) is 1.58. The van der Waals surface area contributed by atoms with Crippen LogP contribution in [-0.2, 0) is 17.9 Å². The average molecular weight is 477 g/mol. The number of aromatic nitrogens is 3. The molecular weight excluding hydrogens is 454 g/mol. The van der Waals surface area contributed by atoms with E-state index in [1.165, 1.54) is 16.7 Å². The van der Waals surface area contributed by atoms with E-state index in [9.17, 15) is 24.5 Å². The van der Waals surface area contributed by atoms with Gasteiger partial charge in [-0.15, -0.1) is 0 Å². The number of piperidine rings is 1. The summed E-state index contributed by atoms with van der Waals surface area (Å²) in [5.41, 5.74) is 0.626. The Kier molecular flexibility index (Phi) is 5.67. The van der Waals surface area contributed by atoms with E-state index in [0.29, 0.717) is 36.8 Å². The van der Waals surface area contributed by atoms with Gasteiger partial charge >= 0.3 is 11.2 Å². The molecule has 0 radical (unpaired) electrons. The van der Waals surface area contributed by atoms with Gasteiger partial charge in [0.25, 0.3) is 5.56 Å². The molecule has 2 aliphatic rings. The number of likely N-dealkylation sites (tertiary alicyclic amines) is 1. The first-order valence-corrected chi connectivity index (χ1v) is 11.2. The fraction of sp³-hybridized carbons (Fsp3) is 0.333. The lowest BCUT2D eigenvalue weighted by Gasteiger charge is -2.42. The molecule has 2 unspecified atom stereocenters. The van der Waals surface area contributed by atoms with E-state index in [1.807, 2.05) is 12.1 Å². The standard InChI is InChI=1S/C24H23N5O6/c1-35-18-4-2-16(3-5-18)19-6-9-22(30)28(25-19)14-23(31)26-11-15-10-17(13-26)20-7-8-21(29(33)34)24(32)27(20)12-15/h2-9,15,17H,10-14H2,1H3. The van der Waals surface area contributed by atoms with Gasteiger partial charge in [-0.05, 0) is 48.7 Å². The number of nitrogens with zero attached hydrogens (tertiary/aromatic N) is 5. The van der Waals surface area contributed by atoms with E-state index in [-0.39, 0.29) is 29.8 Å². The SMILES string of the molecule is COc1ccc(-c2ccc(=O)n(CC(=O)N3CC4CC(C3)c3ccc([N+](=O)[O-])c(=O)n3C4)n2)cc1. The van der Waals surface area contributed by atoms with Crippen LogP contribution in [0, 0.1) is 16.0 Å². The highest BCUT2D eigenvalue weighted by Crippen LogP contribution is 2.35. The molecule has 0 N–H and O–H groups in total. The quantitative estimate of drug-likeness (QED) is 0.403. The number of fused-ring (bicyclic) bond motifs is 4. The highest BCUT2D eigenvalue weighted by atomic mass is 16.6. The van der Waals surface area contributed by atoms with Crippen molar-refractivity contribution in [2.45, 2.75) is 25.4 Å². The van der Waals surface area contributed by atoms with Crippen molar-refractivity contribution in [3.05, 3.63) is 85.0 Å². The van der Waals surface area contributed by atoms with E-state index < -0.39 is 16.2 Å². The highest BCUT2D eigenvalue weighted by molar-refractivity contribution is 5.76. The molecule has 11 heteroatoms. The first-order chi connectivity index (χ1) is 16.8. The zero-order chi connectivity index (χ0) is 24.7. The minimum atomic E-state index is -0.666. The van der Waals surface area contributed by atoms with Gasteiger partial charge in [-0.2, -0.15) is 5.10 Å². The minimum absolute atomic E-state index is 0.000202. The molecule has 1 aromatic carbocycles. The van der Waals surface area contributed by atoms with Crippen LogP contribution in [0.1, 0.15) is 18.0 Å².